The third-order valence-corrected chi connectivity index (χ3v) is 10.8. The second-order valence-corrected chi connectivity index (χ2v) is 17.8. The topological polar surface area (TPSA) is 310 Å². The SMILES string of the molecule is Cc1nnc(-c2ccc(CNC(=O)CCOCCOCCOCCOCCOCCOCCOCCOCCOCCOCCOCCOCCOCCOCCOCCOCCOCCOCCOCCOCCOCCOCCN)cc2)nn1. The van der Waals surface area contributed by atoms with Crippen LogP contribution in [0.2, 0.25) is 0 Å². The predicted octanol–water partition coefficient (Wildman–Crippen LogP) is 0.572. The van der Waals surface area contributed by atoms with Gasteiger partial charge in [0.05, 0.1) is 291 Å². The molecule has 0 fully saturated rings. The lowest BCUT2D eigenvalue weighted by Crippen LogP contribution is -2.24. The van der Waals surface area contributed by atoms with Crippen LogP contribution in [0.1, 0.15) is 17.8 Å². The van der Waals surface area contributed by atoms with Crippen molar-refractivity contribution in [1.29, 1.82) is 0 Å². The number of nitrogens with zero attached hydrogens (tertiary/aromatic N) is 4. The maximum atomic E-state index is 12.2. The van der Waals surface area contributed by atoms with Gasteiger partial charge in [-0.1, -0.05) is 24.3 Å². The quantitative estimate of drug-likeness (QED) is 0.0856. The van der Waals surface area contributed by atoms with Gasteiger partial charge in [-0.25, -0.2) is 0 Å². The lowest BCUT2D eigenvalue weighted by Gasteiger charge is -2.09. The van der Waals surface area contributed by atoms with Crippen molar-refractivity contribution in [3.8, 4) is 11.4 Å². The molecule has 3 N–H and O–H groups in total. The van der Waals surface area contributed by atoms with Crippen LogP contribution in [0.25, 0.3) is 11.4 Å². The number of carbonyl (C=O) groups is 1. The van der Waals surface area contributed by atoms with E-state index in [1.165, 1.54) is 0 Å². The van der Waals surface area contributed by atoms with Gasteiger partial charge in [0.1, 0.15) is 0 Å². The van der Waals surface area contributed by atoms with Crippen molar-refractivity contribution in [2.75, 3.05) is 297 Å². The fourth-order valence-electron chi connectivity index (χ4n) is 6.42. The van der Waals surface area contributed by atoms with Crippen molar-refractivity contribution in [2.45, 2.75) is 19.9 Å². The molecule has 0 bridgehead atoms. The Labute approximate surface area is 509 Å². The average Bonchev–Trinajstić information content (AvgIpc) is 3.29. The van der Waals surface area contributed by atoms with Crippen LogP contribution in [0.3, 0.4) is 0 Å². The second-order valence-electron chi connectivity index (χ2n) is 17.8. The van der Waals surface area contributed by atoms with Gasteiger partial charge < -0.3 is 115 Å². The molecule has 29 heteroatoms. The molecule has 0 aliphatic carbocycles. The Hall–Kier alpha value is -3.29. The van der Waals surface area contributed by atoms with Crippen molar-refractivity contribution in [3.63, 3.8) is 0 Å². The standard InChI is InChI=1S/C57H104N6O23/c1-53-60-62-57(63-61-53)55-4-2-54(3-5-55)52-59-56(64)6-8-65-10-12-67-14-16-69-18-20-71-22-24-73-26-28-75-30-32-77-34-36-79-38-40-81-42-44-83-46-48-85-50-51-86-49-47-84-45-43-82-41-39-80-37-35-78-33-31-76-29-27-74-25-23-72-21-19-70-17-15-68-13-11-66-9-7-58/h2-5H,6-52,58H2,1H3,(H,59,64). The largest absolute Gasteiger partial charge is 0.379 e. The van der Waals surface area contributed by atoms with E-state index in [2.05, 4.69) is 25.7 Å². The van der Waals surface area contributed by atoms with Gasteiger partial charge in [0.2, 0.25) is 11.7 Å². The van der Waals surface area contributed by atoms with Crippen molar-refractivity contribution in [2.24, 2.45) is 5.73 Å². The van der Waals surface area contributed by atoms with Gasteiger partial charge in [-0.3, -0.25) is 4.79 Å². The summed E-state index contributed by atoms with van der Waals surface area (Å²) in [5.41, 5.74) is 7.11. The molecule has 1 aromatic carbocycles. The first-order valence-corrected chi connectivity index (χ1v) is 30.0. The van der Waals surface area contributed by atoms with Crippen LogP contribution in [-0.2, 0) is 116 Å². The van der Waals surface area contributed by atoms with Crippen LogP contribution in [-0.4, -0.2) is 324 Å². The molecule has 0 unspecified atom stereocenters. The average molecular weight is 1240 g/mol. The molecule has 0 radical (unpaired) electrons. The number of ether oxygens (including phenoxy) is 22. The van der Waals surface area contributed by atoms with Gasteiger partial charge in [0, 0.05) is 25.1 Å². The summed E-state index contributed by atoms with van der Waals surface area (Å²) in [7, 11) is 0. The molecule has 86 heavy (non-hydrogen) atoms. The number of aryl methyl sites for hydroxylation is 1. The maximum absolute atomic E-state index is 12.2. The van der Waals surface area contributed by atoms with E-state index in [0.717, 1.165) is 11.1 Å². The minimum absolute atomic E-state index is 0.0927. The summed E-state index contributed by atoms with van der Waals surface area (Å²) < 4.78 is 121. The van der Waals surface area contributed by atoms with E-state index < -0.39 is 0 Å². The van der Waals surface area contributed by atoms with Gasteiger partial charge >= 0.3 is 0 Å². The van der Waals surface area contributed by atoms with E-state index >= 15 is 0 Å². The Bertz CT molecular complexity index is 1680. The highest BCUT2D eigenvalue weighted by Crippen LogP contribution is 2.14. The van der Waals surface area contributed by atoms with Gasteiger partial charge in [-0.2, -0.15) is 0 Å². The zero-order chi connectivity index (χ0) is 61.0. The number of nitrogens with one attached hydrogen (secondary N) is 1. The number of hydrogen-bond acceptors (Lipinski definition) is 28. The molecule has 0 saturated carbocycles. The highest BCUT2D eigenvalue weighted by molar-refractivity contribution is 5.76. The minimum Gasteiger partial charge on any atom is -0.379 e. The molecule has 0 spiro atoms. The fourth-order valence-corrected chi connectivity index (χ4v) is 6.42. The number of hydrogen-bond donors (Lipinski definition) is 2. The maximum Gasteiger partial charge on any atom is 0.222 e. The number of rotatable bonds is 71. The normalized spacial score (nSPS) is 11.6. The minimum atomic E-state index is -0.0927. The van der Waals surface area contributed by atoms with Crippen molar-refractivity contribution < 1.29 is 109 Å². The second kappa shape index (κ2) is 66.1. The summed E-state index contributed by atoms with van der Waals surface area (Å²) in [6, 6.07) is 7.55. The van der Waals surface area contributed by atoms with Crippen LogP contribution in [0, 0.1) is 6.92 Å². The Morgan fingerprint density at radius 2 is 0.500 bits per heavy atom. The Kier molecular flexibility index (Phi) is 60.6. The van der Waals surface area contributed by atoms with Crippen LogP contribution >= 0.6 is 0 Å². The first-order chi connectivity index (χ1) is 42.7. The van der Waals surface area contributed by atoms with Crippen molar-refractivity contribution in [3.05, 3.63) is 35.7 Å². The van der Waals surface area contributed by atoms with E-state index in [1.54, 1.807) is 6.92 Å². The molecular weight excluding hydrogens is 1140 g/mol. The highest BCUT2D eigenvalue weighted by atomic mass is 16.6. The van der Waals surface area contributed by atoms with Gasteiger partial charge in [-0.05, 0) is 12.5 Å². The van der Waals surface area contributed by atoms with Gasteiger partial charge in [0.15, 0.2) is 5.82 Å². The fraction of sp³-hybridized carbons (Fsp3) is 0.842. The number of carbonyl (C=O) groups excluding carboxylic acids is 1. The van der Waals surface area contributed by atoms with E-state index in [0.29, 0.717) is 315 Å². The van der Waals surface area contributed by atoms with E-state index in [4.69, 9.17) is 110 Å². The smallest absolute Gasteiger partial charge is 0.222 e. The lowest BCUT2D eigenvalue weighted by atomic mass is 10.1. The highest BCUT2D eigenvalue weighted by Gasteiger charge is 2.06. The summed E-state index contributed by atoms with van der Waals surface area (Å²) >= 11 is 0. The lowest BCUT2D eigenvalue weighted by molar-refractivity contribution is -0.122. The van der Waals surface area contributed by atoms with Gasteiger partial charge in [-0.15, -0.1) is 20.4 Å². The predicted molar refractivity (Wildman–Crippen MR) is 311 cm³/mol. The van der Waals surface area contributed by atoms with Crippen LogP contribution in [0.15, 0.2) is 24.3 Å². The zero-order valence-electron chi connectivity index (χ0n) is 51.3. The van der Waals surface area contributed by atoms with Crippen LogP contribution in [0.4, 0.5) is 0 Å². The number of amides is 1. The van der Waals surface area contributed by atoms with Crippen LogP contribution in [0.5, 0.6) is 0 Å². The first kappa shape index (κ1) is 78.8. The van der Waals surface area contributed by atoms with Crippen LogP contribution < -0.4 is 11.1 Å². The number of aromatic nitrogens is 4. The molecule has 0 atom stereocenters. The summed E-state index contributed by atoms with van der Waals surface area (Å²) in [5.74, 6) is 0.872. The number of benzene rings is 1. The molecule has 0 aliphatic rings. The van der Waals surface area contributed by atoms with Crippen molar-refractivity contribution in [1.82, 2.24) is 25.7 Å². The molecule has 2 rings (SSSR count). The molecule has 500 valence electrons. The Morgan fingerprint density at radius 3 is 0.709 bits per heavy atom. The molecule has 1 aromatic heterocycles. The molecular formula is C57H104N6O23. The van der Waals surface area contributed by atoms with Crippen molar-refractivity contribution >= 4 is 5.91 Å². The van der Waals surface area contributed by atoms with E-state index in [1.807, 2.05) is 24.3 Å². The summed E-state index contributed by atoms with van der Waals surface area (Å²) in [6.07, 6.45) is 0.261. The molecule has 0 aliphatic heterocycles. The Morgan fingerprint density at radius 1 is 0.302 bits per heavy atom. The molecule has 0 saturated heterocycles. The summed E-state index contributed by atoms with van der Waals surface area (Å²) in [4.78, 5) is 12.2. The first-order valence-electron chi connectivity index (χ1n) is 30.0. The molecule has 29 nitrogen and oxygen atoms in total. The molecule has 1 heterocycles. The third kappa shape index (κ3) is 57.2. The summed E-state index contributed by atoms with van der Waals surface area (Å²) in [5, 5.41) is 18.8. The molecule has 1 amide bonds. The van der Waals surface area contributed by atoms with E-state index in [-0.39, 0.29) is 12.3 Å². The van der Waals surface area contributed by atoms with Gasteiger partial charge in [0.25, 0.3) is 0 Å². The third-order valence-electron chi connectivity index (χ3n) is 10.8. The van der Waals surface area contributed by atoms with E-state index in [9.17, 15) is 4.79 Å². The molecule has 2 aromatic rings. The zero-order valence-corrected chi connectivity index (χ0v) is 51.3. The number of nitrogens with two attached hydrogens (primary N) is 1. The Balaban J connectivity index is 1.11. The summed E-state index contributed by atoms with van der Waals surface area (Å²) in [6.45, 7) is 23.7. The monoisotopic (exact) mass is 1240 g/mol.